The van der Waals surface area contributed by atoms with Crippen molar-refractivity contribution in [1.29, 1.82) is 5.26 Å². The molecule has 0 aliphatic rings. The Balaban J connectivity index is 4.27. The number of hydrogen-bond donors (Lipinski definition) is 1. The fourth-order valence-corrected chi connectivity index (χ4v) is 1.21. The molecule has 0 aromatic heterocycles. The SMILES string of the molecule is CC(C)(C)C(CCC#N)C(N)=O. The molecular formula is C9H16N2O. The van der Waals surface area contributed by atoms with E-state index >= 15 is 0 Å². The summed E-state index contributed by atoms with van der Waals surface area (Å²) in [7, 11) is 0. The predicted molar refractivity (Wildman–Crippen MR) is 47.0 cm³/mol. The topological polar surface area (TPSA) is 66.9 Å². The first-order valence-electron chi connectivity index (χ1n) is 4.06. The zero-order valence-corrected chi connectivity index (χ0v) is 7.92. The average molecular weight is 168 g/mol. The minimum atomic E-state index is -0.308. The molecule has 1 unspecified atom stereocenters. The minimum Gasteiger partial charge on any atom is -0.369 e. The molecule has 0 saturated heterocycles. The second-order valence-electron chi connectivity index (χ2n) is 4.02. The van der Waals surface area contributed by atoms with E-state index in [0.717, 1.165) is 0 Å². The summed E-state index contributed by atoms with van der Waals surface area (Å²) in [6.45, 7) is 5.87. The highest BCUT2D eigenvalue weighted by atomic mass is 16.1. The molecule has 0 fully saturated rings. The van der Waals surface area contributed by atoms with Crippen LogP contribution in [0, 0.1) is 22.7 Å². The van der Waals surface area contributed by atoms with E-state index in [1.807, 2.05) is 26.8 Å². The van der Waals surface area contributed by atoms with Gasteiger partial charge in [0.05, 0.1) is 6.07 Å². The molecule has 0 aromatic rings. The van der Waals surface area contributed by atoms with Gasteiger partial charge in [-0.1, -0.05) is 20.8 Å². The van der Waals surface area contributed by atoms with Crippen molar-refractivity contribution in [2.45, 2.75) is 33.6 Å². The Labute approximate surface area is 73.6 Å². The summed E-state index contributed by atoms with van der Waals surface area (Å²) in [5.41, 5.74) is 5.08. The molecule has 68 valence electrons. The van der Waals surface area contributed by atoms with E-state index in [2.05, 4.69) is 0 Å². The molecule has 0 bridgehead atoms. The molecule has 0 spiro atoms. The highest BCUT2D eigenvalue weighted by molar-refractivity contribution is 5.77. The molecule has 0 saturated carbocycles. The van der Waals surface area contributed by atoms with Crippen LogP contribution in [0.2, 0.25) is 0 Å². The number of primary amides is 1. The third kappa shape index (κ3) is 3.38. The number of carbonyl (C=O) groups excluding carboxylic acids is 1. The third-order valence-corrected chi connectivity index (χ3v) is 1.93. The van der Waals surface area contributed by atoms with Crippen LogP contribution in [0.5, 0.6) is 0 Å². The van der Waals surface area contributed by atoms with Crippen LogP contribution in [-0.2, 0) is 4.79 Å². The van der Waals surface area contributed by atoms with E-state index in [1.165, 1.54) is 0 Å². The highest BCUT2D eigenvalue weighted by Gasteiger charge is 2.28. The quantitative estimate of drug-likeness (QED) is 0.692. The molecule has 1 atom stereocenters. The molecule has 12 heavy (non-hydrogen) atoms. The number of nitriles is 1. The first kappa shape index (κ1) is 11.0. The van der Waals surface area contributed by atoms with Gasteiger partial charge >= 0.3 is 0 Å². The van der Waals surface area contributed by atoms with E-state index in [9.17, 15) is 4.79 Å². The molecule has 1 amide bonds. The van der Waals surface area contributed by atoms with Gasteiger partial charge in [0, 0.05) is 12.3 Å². The first-order chi connectivity index (χ1) is 5.39. The monoisotopic (exact) mass is 168 g/mol. The fourth-order valence-electron chi connectivity index (χ4n) is 1.21. The largest absolute Gasteiger partial charge is 0.369 e. The smallest absolute Gasteiger partial charge is 0.221 e. The Morgan fingerprint density at radius 2 is 2.08 bits per heavy atom. The lowest BCUT2D eigenvalue weighted by atomic mass is 9.78. The lowest BCUT2D eigenvalue weighted by Crippen LogP contribution is -2.33. The summed E-state index contributed by atoms with van der Waals surface area (Å²) >= 11 is 0. The van der Waals surface area contributed by atoms with Gasteiger partial charge in [0.25, 0.3) is 0 Å². The molecule has 0 heterocycles. The Hall–Kier alpha value is -1.04. The van der Waals surface area contributed by atoms with Crippen LogP contribution in [0.15, 0.2) is 0 Å². The van der Waals surface area contributed by atoms with Crippen LogP contribution in [-0.4, -0.2) is 5.91 Å². The predicted octanol–water partition coefficient (Wildman–Crippen LogP) is 1.44. The van der Waals surface area contributed by atoms with Crippen LogP contribution < -0.4 is 5.73 Å². The Morgan fingerprint density at radius 1 is 1.58 bits per heavy atom. The van der Waals surface area contributed by atoms with Crippen LogP contribution in [0.4, 0.5) is 0 Å². The van der Waals surface area contributed by atoms with E-state index < -0.39 is 0 Å². The number of hydrogen-bond acceptors (Lipinski definition) is 2. The number of nitrogens with two attached hydrogens (primary N) is 1. The lowest BCUT2D eigenvalue weighted by Gasteiger charge is -2.27. The van der Waals surface area contributed by atoms with Gasteiger partial charge in [0.15, 0.2) is 0 Å². The van der Waals surface area contributed by atoms with Crippen molar-refractivity contribution in [2.75, 3.05) is 0 Å². The van der Waals surface area contributed by atoms with Gasteiger partial charge in [0.2, 0.25) is 5.91 Å². The van der Waals surface area contributed by atoms with Crippen LogP contribution in [0.3, 0.4) is 0 Å². The molecule has 0 aliphatic carbocycles. The maximum Gasteiger partial charge on any atom is 0.221 e. The van der Waals surface area contributed by atoms with Crippen molar-refractivity contribution >= 4 is 5.91 Å². The lowest BCUT2D eigenvalue weighted by molar-refractivity contribution is -0.125. The summed E-state index contributed by atoms with van der Waals surface area (Å²) in [4.78, 5) is 11.0. The molecule has 3 heteroatoms. The summed E-state index contributed by atoms with van der Waals surface area (Å²) in [6.07, 6.45) is 0.959. The van der Waals surface area contributed by atoms with E-state index in [4.69, 9.17) is 11.0 Å². The zero-order valence-electron chi connectivity index (χ0n) is 7.92. The van der Waals surface area contributed by atoms with Gasteiger partial charge in [-0.15, -0.1) is 0 Å². The molecule has 2 N–H and O–H groups in total. The Morgan fingerprint density at radius 3 is 2.33 bits per heavy atom. The maximum absolute atomic E-state index is 11.0. The van der Waals surface area contributed by atoms with Gasteiger partial charge in [-0.05, 0) is 11.8 Å². The Kier molecular flexibility index (Phi) is 3.75. The number of nitrogens with zero attached hydrogens (tertiary/aromatic N) is 1. The van der Waals surface area contributed by atoms with Crippen LogP contribution in [0.25, 0.3) is 0 Å². The van der Waals surface area contributed by atoms with Crippen molar-refractivity contribution in [2.24, 2.45) is 17.1 Å². The average Bonchev–Trinajstić information content (AvgIpc) is 1.84. The molecule has 0 radical (unpaired) electrons. The normalized spacial score (nSPS) is 13.5. The Bertz CT molecular complexity index is 198. The second-order valence-corrected chi connectivity index (χ2v) is 4.02. The fraction of sp³-hybridized carbons (Fsp3) is 0.778. The van der Waals surface area contributed by atoms with E-state index in [1.54, 1.807) is 0 Å². The number of carbonyl (C=O) groups is 1. The van der Waals surface area contributed by atoms with Crippen LogP contribution in [0.1, 0.15) is 33.6 Å². The second kappa shape index (κ2) is 4.10. The van der Waals surface area contributed by atoms with Crippen molar-refractivity contribution < 1.29 is 4.79 Å². The molecule has 0 aromatic carbocycles. The molecule has 3 nitrogen and oxygen atoms in total. The summed E-state index contributed by atoms with van der Waals surface area (Å²) in [5.74, 6) is -0.505. The van der Waals surface area contributed by atoms with Crippen molar-refractivity contribution in [3.63, 3.8) is 0 Å². The molecule has 0 aliphatic heterocycles. The van der Waals surface area contributed by atoms with Crippen molar-refractivity contribution in [3.8, 4) is 6.07 Å². The third-order valence-electron chi connectivity index (χ3n) is 1.93. The maximum atomic E-state index is 11.0. The van der Waals surface area contributed by atoms with Crippen molar-refractivity contribution in [3.05, 3.63) is 0 Å². The van der Waals surface area contributed by atoms with Gasteiger partial charge in [-0.25, -0.2) is 0 Å². The first-order valence-corrected chi connectivity index (χ1v) is 4.06. The molecular weight excluding hydrogens is 152 g/mol. The summed E-state index contributed by atoms with van der Waals surface area (Å²) in [5, 5.41) is 8.36. The summed E-state index contributed by atoms with van der Waals surface area (Å²) in [6, 6.07) is 2.02. The van der Waals surface area contributed by atoms with E-state index in [0.29, 0.717) is 12.8 Å². The van der Waals surface area contributed by atoms with Gasteiger partial charge < -0.3 is 5.73 Å². The highest BCUT2D eigenvalue weighted by Crippen LogP contribution is 2.29. The number of rotatable bonds is 3. The minimum absolute atomic E-state index is 0.136. The zero-order chi connectivity index (χ0) is 9.78. The van der Waals surface area contributed by atoms with Crippen LogP contribution >= 0.6 is 0 Å². The molecule has 0 rings (SSSR count). The van der Waals surface area contributed by atoms with Gasteiger partial charge in [0.1, 0.15) is 0 Å². The van der Waals surface area contributed by atoms with E-state index in [-0.39, 0.29) is 17.2 Å². The van der Waals surface area contributed by atoms with Gasteiger partial charge in [-0.3, -0.25) is 4.79 Å². The standard InChI is InChI=1S/C9H16N2O/c1-9(2,3)7(8(11)12)5-4-6-10/h7H,4-5H2,1-3H3,(H2,11,12). The van der Waals surface area contributed by atoms with Gasteiger partial charge in [-0.2, -0.15) is 5.26 Å². The number of amides is 1. The summed E-state index contributed by atoms with van der Waals surface area (Å²) < 4.78 is 0. The van der Waals surface area contributed by atoms with Crippen molar-refractivity contribution in [1.82, 2.24) is 0 Å².